The van der Waals surface area contributed by atoms with E-state index in [1.54, 1.807) is 13.8 Å². The molecule has 1 atom stereocenters. The van der Waals surface area contributed by atoms with E-state index < -0.39 is 51.7 Å². The molecule has 9 heteroatoms. The largest absolute Gasteiger partial charge is 0.332 e. The second-order valence-corrected chi connectivity index (χ2v) is 9.29. The third kappa shape index (κ3) is 4.91. The molecule has 0 bridgehead atoms. The van der Waals surface area contributed by atoms with E-state index >= 15 is 0 Å². The van der Waals surface area contributed by atoms with Gasteiger partial charge in [0.15, 0.2) is 9.84 Å². The normalized spacial score (nSPS) is 19.6. The number of amides is 2. The number of carbonyl (C=O) groups excluding carboxylic acids is 2. The smallest absolute Gasteiger partial charge is 0.266 e. The molecular formula is C18H22F2N2O4S. The predicted molar refractivity (Wildman–Crippen MR) is 97.2 cm³/mol. The topological polar surface area (TPSA) is 83.6 Å². The van der Waals surface area contributed by atoms with E-state index in [-0.39, 0.29) is 17.1 Å². The van der Waals surface area contributed by atoms with Gasteiger partial charge in [-0.2, -0.15) is 0 Å². The molecule has 0 aromatic heterocycles. The van der Waals surface area contributed by atoms with E-state index in [0.717, 1.165) is 11.0 Å². The quantitative estimate of drug-likeness (QED) is 0.770. The lowest BCUT2D eigenvalue weighted by Gasteiger charge is -2.36. The number of likely N-dealkylation sites (tertiary alicyclic amines) is 1. The monoisotopic (exact) mass is 400 g/mol. The minimum atomic E-state index is -3.44. The summed E-state index contributed by atoms with van der Waals surface area (Å²) < 4.78 is 52.0. The number of hydrogen-bond acceptors (Lipinski definition) is 4. The Morgan fingerprint density at radius 3 is 2.41 bits per heavy atom. The molecule has 0 aliphatic carbocycles. The summed E-state index contributed by atoms with van der Waals surface area (Å²) in [6.07, 6.45) is 0.268. The van der Waals surface area contributed by atoms with Crippen molar-refractivity contribution in [2.24, 2.45) is 5.92 Å². The number of piperidine rings is 1. The summed E-state index contributed by atoms with van der Waals surface area (Å²) in [7, 11) is -3.44. The molecule has 0 saturated carbocycles. The number of benzene rings is 1. The van der Waals surface area contributed by atoms with Crippen molar-refractivity contribution in [3.8, 4) is 0 Å². The molecule has 1 saturated heterocycles. The molecule has 0 radical (unpaired) electrons. The molecule has 1 unspecified atom stereocenters. The highest BCUT2D eigenvalue weighted by molar-refractivity contribution is 7.92. The fourth-order valence-electron chi connectivity index (χ4n) is 2.82. The fourth-order valence-corrected chi connectivity index (χ4v) is 3.88. The van der Waals surface area contributed by atoms with Crippen molar-refractivity contribution in [3.63, 3.8) is 0 Å². The minimum Gasteiger partial charge on any atom is -0.332 e. The number of nitrogens with zero attached hydrogens (tertiary/aromatic N) is 1. The zero-order chi connectivity index (χ0) is 20.4. The van der Waals surface area contributed by atoms with Crippen molar-refractivity contribution in [1.82, 2.24) is 4.90 Å². The van der Waals surface area contributed by atoms with E-state index in [1.165, 1.54) is 24.3 Å². The van der Waals surface area contributed by atoms with Gasteiger partial charge >= 0.3 is 0 Å². The van der Waals surface area contributed by atoms with Crippen LogP contribution in [-0.4, -0.2) is 49.4 Å². The van der Waals surface area contributed by atoms with Crippen molar-refractivity contribution >= 4 is 27.3 Å². The lowest BCUT2D eigenvalue weighted by atomic mass is 9.94. The summed E-state index contributed by atoms with van der Waals surface area (Å²) in [5.41, 5.74) is 0.290. The van der Waals surface area contributed by atoms with Gasteiger partial charge in [0.1, 0.15) is 0 Å². The van der Waals surface area contributed by atoms with Gasteiger partial charge in [0, 0.05) is 18.7 Å². The predicted octanol–water partition coefficient (Wildman–Crippen LogP) is 2.48. The van der Waals surface area contributed by atoms with Crippen LogP contribution in [0.3, 0.4) is 0 Å². The van der Waals surface area contributed by atoms with Crippen LogP contribution in [0.25, 0.3) is 0 Å². The number of sulfone groups is 1. The molecule has 1 fully saturated rings. The third-order valence-corrected chi connectivity index (χ3v) is 6.51. The molecule has 1 heterocycles. The Labute approximate surface area is 157 Å². The van der Waals surface area contributed by atoms with Gasteiger partial charge in [0.05, 0.1) is 22.6 Å². The SMILES string of the molecule is C=CC(=O)N1CC(C(=O)Nc2ccc(S(=O)(=O)C(C)C)cc2)CC(F)(F)C1. The standard InChI is InChI=1S/C18H22F2N2O4S/c1-4-16(23)22-10-13(9-18(19,20)11-22)17(24)21-14-5-7-15(8-6-14)27(25,26)12(2)3/h4-8,12-13H,1,9-11H2,2-3H3,(H,21,24). The lowest BCUT2D eigenvalue weighted by molar-refractivity contribution is -0.145. The van der Waals surface area contributed by atoms with Crippen molar-refractivity contribution in [2.75, 3.05) is 18.4 Å². The maximum absolute atomic E-state index is 13.9. The van der Waals surface area contributed by atoms with Gasteiger partial charge in [-0.15, -0.1) is 0 Å². The highest BCUT2D eigenvalue weighted by Gasteiger charge is 2.44. The first kappa shape index (κ1) is 21.0. The summed E-state index contributed by atoms with van der Waals surface area (Å²) in [5.74, 6) is -5.57. The first-order valence-corrected chi connectivity index (χ1v) is 9.95. The summed E-state index contributed by atoms with van der Waals surface area (Å²) in [6.45, 7) is 5.52. The molecule has 6 nitrogen and oxygen atoms in total. The van der Waals surface area contributed by atoms with Crippen LogP contribution < -0.4 is 5.32 Å². The molecule has 2 amide bonds. The summed E-state index contributed by atoms with van der Waals surface area (Å²) in [6, 6.07) is 5.52. The van der Waals surface area contributed by atoms with Crippen LogP contribution in [0.15, 0.2) is 41.8 Å². The first-order chi connectivity index (χ1) is 12.5. The van der Waals surface area contributed by atoms with Crippen molar-refractivity contribution in [1.29, 1.82) is 0 Å². The van der Waals surface area contributed by atoms with Gasteiger partial charge in [-0.05, 0) is 44.2 Å². The Morgan fingerprint density at radius 2 is 1.89 bits per heavy atom. The van der Waals surface area contributed by atoms with Gasteiger partial charge in [-0.3, -0.25) is 9.59 Å². The zero-order valence-corrected chi connectivity index (χ0v) is 15.9. The highest BCUT2D eigenvalue weighted by atomic mass is 32.2. The Morgan fingerprint density at radius 1 is 1.30 bits per heavy atom. The van der Waals surface area contributed by atoms with Crippen LogP contribution in [0.1, 0.15) is 20.3 Å². The van der Waals surface area contributed by atoms with Crippen LogP contribution in [0.4, 0.5) is 14.5 Å². The molecule has 1 aromatic carbocycles. The Balaban J connectivity index is 2.12. The molecule has 1 N–H and O–H groups in total. The van der Waals surface area contributed by atoms with Gasteiger partial charge in [-0.25, -0.2) is 17.2 Å². The van der Waals surface area contributed by atoms with E-state index in [9.17, 15) is 26.8 Å². The minimum absolute atomic E-state index is 0.113. The maximum Gasteiger partial charge on any atom is 0.266 e. The number of rotatable bonds is 5. The molecule has 1 aromatic rings. The number of halogens is 2. The maximum atomic E-state index is 13.9. The summed E-state index contributed by atoms with van der Waals surface area (Å²) >= 11 is 0. The van der Waals surface area contributed by atoms with Crippen LogP contribution in [-0.2, 0) is 19.4 Å². The number of anilines is 1. The van der Waals surface area contributed by atoms with Crippen LogP contribution in [0.5, 0.6) is 0 Å². The zero-order valence-electron chi connectivity index (χ0n) is 15.1. The van der Waals surface area contributed by atoms with E-state index in [1.807, 2.05) is 0 Å². The first-order valence-electron chi connectivity index (χ1n) is 8.40. The van der Waals surface area contributed by atoms with Crippen molar-refractivity contribution < 1.29 is 26.8 Å². The molecule has 27 heavy (non-hydrogen) atoms. The third-order valence-electron chi connectivity index (χ3n) is 4.34. The van der Waals surface area contributed by atoms with E-state index in [0.29, 0.717) is 0 Å². The molecule has 1 aliphatic heterocycles. The van der Waals surface area contributed by atoms with Crippen LogP contribution in [0, 0.1) is 5.92 Å². The second kappa shape index (κ2) is 7.75. The molecule has 1 aliphatic rings. The number of alkyl halides is 2. The van der Waals surface area contributed by atoms with Gasteiger partial charge in [-0.1, -0.05) is 6.58 Å². The number of hydrogen-bond donors (Lipinski definition) is 1. The summed E-state index contributed by atoms with van der Waals surface area (Å²) in [4.78, 5) is 25.0. The van der Waals surface area contributed by atoms with E-state index in [4.69, 9.17) is 0 Å². The number of carbonyl (C=O) groups is 2. The van der Waals surface area contributed by atoms with Gasteiger partial charge in [0.2, 0.25) is 11.8 Å². The summed E-state index contributed by atoms with van der Waals surface area (Å²) in [5, 5.41) is 1.92. The van der Waals surface area contributed by atoms with E-state index in [2.05, 4.69) is 11.9 Å². The van der Waals surface area contributed by atoms with Crippen LogP contribution in [0.2, 0.25) is 0 Å². The Bertz CT molecular complexity index is 835. The molecule has 0 spiro atoms. The van der Waals surface area contributed by atoms with Crippen molar-refractivity contribution in [2.45, 2.75) is 36.3 Å². The lowest BCUT2D eigenvalue weighted by Crippen LogP contribution is -2.51. The molecule has 2 rings (SSSR count). The Hall–Kier alpha value is -2.29. The Kier molecular flexibility index (Phi) is 6.04. The van der Waals surface area contributed by atoms with Crippen molar-refractivity contribution in [3.05, 3.63) is 36.9 Å². The van der Waals surface area contributed by atoms with Crippen LogP contribution >= 0.6 is 0 Å². The average Bonchev–Trinajstić information content (AvgIpc) is 2.59. The fraction of sp³-hybridized carbons (Fsp3) is 0.444. The average molecular weight is 400 g/mol. The highest BCUT2D eigenvalue weighted by Crippen LogP contribution is 2.31. The second-order valence-electron chi connectivity index (χ2n) is 6.79. The number of nitrogens with one attached hydrogen (secondary N) is 1. The van der Waals surface area contributed by atoms with Gasteiger partial charge in [0.25, 0.3) is 5.92 Å². The van der Waals surface area contributed by atoms with Gasteiger partial charge < -0.3 is 10.2 Å². The molecule has 148 valence electrons. The molecular weight excluding hydrogens is 378 g/mol.